The number of ketones is 2. The molecule has 0 aliphatic rings. The molecule has 0 unspecified atom stereocenters. The number of hydrogen-bond acceptors (Lipinski definition) is 6. The minimum atomic E-state index is 0.0416. The van der Waals surface area contributed by atoms with Crippen LogP contribution in [0.3, 0.4) is 0 Å². The first-order valence-corrected chi connectivity index (χ1v) is 48.2. The molecule has 0 aliphatic carbocycles. The van der Waals surface area contributed by atoms with Gasteiger partial charge < -0.3 is 0 Å². The molecule has 0 bridgehead atoms. The Morgan fingerprint density at radius 1 is 0.184 bits per heavy atom. The van der Waals surface area contributed by atoms with Crippen molar-refractivity contribution in [2.45, 2.75) is 173 Å². The number of rotatable bonds is 14. The Labute approximate surface area is 843 Å². The molecule has 0 heterocycles. The van der Waals surface area contributed by atoms with Gasteiger partial charge in [0.05, 0.1) is 22.7 Å². The van der Waals surface area contributed by atoms with Crippen LogP contribution in [0, 0.1) is 197 Å². The van der Waals surface area contributed by atoms with Crippen LogP contribution in [0.2, 0.25) is 0 Å². The van der Waals surface area contributed by atoms with E-state index in [4.69, 9.17) is 0 Å². The van der Waals surface area contributed by atoms with Gasteiger partial charge >= 0.3 is 0 Å². The molecule has 6 nitrogen and oxygen atoms in total. The summed E-state index contributed by atoms with van der Waals surface area (Å²) in [5.41, 5.74) is 47.9. The summed E-state index contributed by atoms with van der Waals surface area (Å²) in [7, 11) is 0. The Hall–Kier alpha value is -15.9. The monoisotopic (exact) mass is 1850 g/mol. The van der Waals surface area contributed by atoms with Gasteiger partial charge in [-0.15, -0.1) is 0 Å². The molecule has 0 N–H and O–H groups in total. The summed E-state index contributed by atoms with van der Waals surface area (Å²) in [6.07, 6.45) is 15.7. The van der Waals surface area contributed by atoms with E-state index in [1.54, 1.807) is 12.2 Å². The second kappa shape index (κ2) is 55.5. The van der Waals surface area contributed by atoms with Crippen LogP contribution in [-0.4, -0.2) is 11.6 Å². The predicted octanol–water partition coefficient (Wildman–Crippen LogP) is 37.0. The zero-order chi connectivity index (χ0) is 102. The molecule has 0 radical (unpaired) electrons. The van der Waals surface area contributed by atoms with Gasteiger partial charge in [0.15, 0.2) is 11.6 Å². The van der Waals surface area contributed by atoms with E-state index in [1.165, 1.54) is 145 Å². The Morgan fingerprint density at radius 2 is 0.475 bits per heavy atom. The maximum absolute atomic E-state index is 12.2. The van der Waals surface area contributed by atoms with Gasteiger partial charge in [-0.25, -0.2) is 0 Å². The zero-order valence-electron chi connectivity index (χ0n) is 87.5. The topological polar surface area (TPSA) is 83.6 Å². The number of aryl methyl sites for hydroxylation is 25. The molecule has 0 aromatic heterocycles. The van der Waals surface area contributed by atoms with E-state index >= 15 is 0 Å². The Morgan fingerprint density at radius 3 is 0.901 bits per heavy atom. The maximum Gasteiger partial charge on any atom is 0.185 e. The van der Waals surface area contributed by atoms with Crippen LogP contribution in [0.15, 0.2) is 366 Å². The van der Waals surface area contributed by atoms with Crippen LogP contribution in [0.25, 0.3) is 36.5 Å². The SMILES string of the molecule is Cc1ccc(C#Cc2ccc(C)c(C)c2)cc1.Cc1ccc(C#Cc2ccc(C)cc2C)cc1.Cc1ccc(C(=O)C=Cc2ccc(C)cc2C)cc1.Cc1ccc(C=CC(=O)c2ccc(C)c(C)c2)c(C)c1.Cc1ccc(C=Cc2ccc(C)c(C)c2)cc1.Cc1ccc(C=Cc2ccc(C)cc2C)cc1.Cc1ccc(N=Nc2ccc(C)c(C)c2)cc1.Cc1ccc(N=Nc2ccc(C)cc2C)cc1. The Kier molecular flexibility index (Phi) is 42.8. The van der Waals surface area contributed by atoms with Crippen molar-refractivity contribution < 1.29 is 9.59 Å². The van der Waals surface area contributed by atoms with Crippen LogP contribution in [-0.2, 0) is 0 Å². The second-order valence-corrected chi connectivity index (χ2v) is 37.0. The van der Waals surface area contributed by atoms with Gasteiger partial charge in [0.25, 0.3) is 0 Å². The summed E-state index contributed by atoms with van der Waals surface area (Å²) >= 11 is 0. The normalized spacial score (nSPS) is 10.6. The summed E-state index contributed by atoms with van der Waals surface area (Å²) in [5, 5.41) is 17.0. The fraction of sp³-hybridized carbons (Fsp3) is 0.185. The smallest absolute Gasteiger partial charge is 0.185 e. The molecule has 0 atom stereocenters. The van der Waals surface area contributed by atoms with E-state index in [2.05, 4.69) is 446 Å². The molecule has 0 fully saturated rings. The van der Waals surface area contributed by atoms with Gasteiger partial charge in [-0.2, -0.15) is 20.5 Å². The van der Waals surface area contributed by atoms with Gasteiger partial charge in [-0.05, 0) is 382 Å². The first kappa shape index (κ1) is 109. The van der Waals surface area contributed by atoms with E-state index in [0.717, 1.165) is 83.9 Å². The van der Waals surface area contributed by atoms with Gasteiger partial charge in [-0.1, -0.05) is 370 Å². The van der Waals surface area contributed by atoms with E-state index in [9.17, 15) is 9.59 Å². The first-order valence-electron chi connectivity index (χ1n) is 48.2. The van der Waals surface area contributed by atoms with Gasteiger partial charge in [-0.3, -0.25) is 9.59 Å². The fourth-order valence-electron chi connectivity index (χ4n) is 14.3. The largest absolute Gasteiger partial charge is 0.289 e. The second-order valence-electron chi connectivity index (χ2n) is 37.0. The average Bonchev–Trinajstić information content (AvgIpc) is 0.922. The molecule has 16 rings (SSSR count). The van der Waals surface area contributed by atoms with Gasteiger partial charge in [0, 0.05) is 33.4 Å². The lowest BCUT2D eigenvalue weighted by Gasteiger charge is -2.03. The molecule has 0 amide bonds. The third-order valence-electron chi connectivity index (χ3n) is 24.0. The highest BCUT2D eigenvalue weighted by Gasteiger charge is 2.08. The summed E-state index contributed by atoms with van der Waals surface area (Å²) in [5.74, 6) is 12.9. The Balaban J connectivity index is 0.000000180. The van der Waals surface area contributed by atoms with Crippen LogP contribution in [0.5, 0.6) is 0 Å². The summed E-state index contributed by atoms with van der Waals surface area (Å²) in [6, 6.07) is 114. The molecule has 0 aliphatic heterocycles. The molecule has 6 heteroatoms. The molecule has 0 saturated heterocycles. The number of allylic oxidation sites excluding steroid dienone is 2. The molecule has 710 valence electrons. The van der Waals surface area contributed by atoms with E-state index < -0.39 is 0 Å². The zero-order valence-corrected chi connectivity index (χ0v) is 87.5. The lowest BCUT2D eigenvalue weighted by molar-refractivity contribution is 0.103. The van der Waals surface area contributed by atoms with E-state index in [1.807, 2.05) is 141 Å². The summed E-state index contributed by atoms with van der Waals surface area (Å²) < 4.78 is 0. The molecule has 0 saturated carbocycles. The fourth-order valence-corrected chi connectivity index (χ4v) is 14.3. The highest BCUT2D eigenvalue weighted by atomic mass is 16.1. The summed E-state index contributed by atoms with van der Waals surface area (Å²) in [6.45, 7) is 52.2. The number of benzene rings is 16. The maximum atomic E-state index is 12.2. The van der Waals surface area contributed by atoms with Crippen molar-refractivity contribution in [3.63, 3.8) is 0 Å². The van der Waals surface area contributed by atoms with Crippen molar-refractivity contribution in [1.82, 2.24) is 0 Å². The minimum Gasteiger partial charge on any atom is -0.289 e. The van der Waals surface area contributed by atoms with Crippen molar-refractivity contribution in [3.8, 4) is 23.7 Å². The molecule has 141 heavy (non-hydrogen) atoms. The van der Waals surface area contributed by atoms with Crippen molar-refractivity contribution in [1.29, 1.82) is 0 Å². The minimum absolute atomic E-state index is 0.0416. The standard InChI is InChI=1S/C19H20O.C18H18O.C17H18.C17H16.C17H18.C17H16.2C15H16N2/c1-13-5-7-17(16(4)11-13)9-10-19(20)18-8-6-14(2)15(3)12-18;1-13-4-8-17(9-5-13)18(19)11-10-16-7-6-14(2)12-15(16)3;2*1-13-4-7-16(8-5-13)9-11-17-10-6-14(2)12-15(17)3;2*1-13-4-7-16(8-5-13)10-11-17-9-6-14(2)15(3)12-17;1-11-4-7-14(8-5-11)16-17-15-9-6-12(2)13(3)10-15;1-11-4-7-14(8-5-11)16-17-15-9-6-12(2)10-13(15)3/h5-12H,1-4H3;4-12H,1-3H3;4-12H,1-3H3;4-8,10,12H,1-3H3;4-12H,1-3H3;4-9,12H,1-3H3;2*4-10H,1-3H3. The van der Waals surface area contributed by atoms with Crippen LogP contribution in [0.1, 0.15) is 215 Å². The van der Waals surface area contributed by atoms with Crippen molar-refractivity contribution in [2.75, 3.05) is 0 Å². The van der Waals surface area contributed by atoms with Crippen molar-refractivity contribution >= 4 is 70.8 Å². The molecule has 16 aromatic rings. The number of carbonyl (C=O) groups excluding carboxylic acids is 2. The van der Waals surface area contributed by atoms with Crippen molar-refractivity contribution in [2.24, 2.45) is 20.5 Å². The van der Waals surface area contributed by atoms with Gasteiger partial charge in [0.1, 0.15) is 0 Å². The van der Waals surface area contributed by atoms with E-state index in [0.29, 0.717) is 0 Å². The highest BCUT2D eigenvalue weighted by Crippen LogP contribution is 2.27. The molecular formula is C135H138N4O2. The molecule has 16 aromatic carbocycles. The third kappa shape index (κ3) is 38.6. The van der Waals surface area contributed by atoms with E-state index in [-0.39, 0.29) is 11.6 Å². The summed E-state index contributed by atoms with van der Waals surface area (Å²) in [4.78, 5) is 24.2. The first-order chi connectivity index (χ1) is 67.4. The van der Waals surface area contributed by atoms with Crippen LogP contribution < -0.4 is 0 Å². The number of azo groups is 2. The highest BCUT2D eigenvalue weighted by molar-refractivity contribution is 6.07. The van der Waals surface area contributed by atoms with Crippen LogP contribution >= 0.6 is 0 Å². The lowest BCUT2D eigenvalue weighted by atomic mass is 10.0. The third-order valence-corrected chi connectivity index (χ3v) is 24.0. The molecular weight excluding hydrogens is 1710 g/mol. The van der Waals surface area contributed by atoms with Crippen molar-refractivity contribution in [3.05, 3.63) is 552 Å². The number of nitrogens with zero attached hydrogens (tertiary/aromatic N) is 4. The number of carbonyl (C=O) groups is 2. The lowest BCUT2D eigenvalue weighted by Crippen LogP contribution is -1.96. The van der Waals surface area contributed by atoms with Crippen LogP contribution in [0.4, 0.5) is 22.7 Å². The number of hydrogen-bond donors (Lipinski definition) is 0. The quantitative estimate of drug-likeness (QED) is 0.0357. The van der Waals surface area contributed by atoms with Gasteiger partial charge in [0.2, 0.25) is 0 Å². The molecule has 0 spiro atoms. The Bertz CT molecular complexity index is 7010. The average molecular weight is 1850 g/mol. The predicted molar refractivity (Wildman–Crippen MR) is 606 cm³/mol.